The molecule has 168 valence electrons. The van der Waals surface area contributed by atoms with Gasteiger partial charge in [-0.3, -0.25) is 9.36 Å². The molecular formula is C24H30N6OS. The number of nitrogens with zero attached hydrogens (tertiary/aromatic N) is 6. The second-order valence-corrected chi connectivity index (χ2v) is 9.61. The summed E-state index contributed by atoms with van der Waals surface area (Å²) in [5.74, 6) is 0.0605. The number of amides is 1. The molecule has 5 rings (SSSR count). The van der Waals surface area contributed by atoms with Crippen molar-refractivity contribution in [3.63, 3.8) is 0 Å². The lowest BCUT2D eigenvalue weighted by Gasteiger charge is -2.37. The van der Waals surface area contributed by atoms with Gasteiger partial charge in [0.05, 0.1) is 0 Å². The highest BCUT2D eigenvalue weighted by molar-refractivity contribution is 7.17. The molecule has 2 aliphatic rings. The van der Waals surface area contributed by atoms with E-state index in [1.807, 2.05) is 27.8 Å². The van der Waals surface area contributed by atoms with Crippen LogP contribution in [0.1, 0.15) is 40.9 Å². The van der Waals surface area contributed by atoms with E-state index in [0.29, 0.717) is 18.8 Å². The van der Waals surface area contributed by atoms with Crippen molar-refractivity contribution in [3.8, 4) is 5.13 Å². The SMILES string of the molecule is Cc1cccc(N2CCN(C(=O)c3cccn3-c3nnc(N4CCCCC4)s3)CC2)c1C. The zero-order valence-electron chi connectivity index (χ0n) is 18.8. The van der Waals surface area contributed by atoms with Gasteiger partial charge in [-0.2, -0.15) is 0 Å². The molecule has 0 atom stereocenters. The summed E-state index contributed by atoms with van der Waals surface area (Å²) < 4.78 is 1.89. The van der Waals surface area contributed by atoms with Crippen LogP contribution in [0.25, 0.3) is 5.13 Å². The Morgan fingerprint density at radius 2 is 1.59 bits per heavy atom. The fourth-order valence-corrected chi connectivity index (χ4v) is 5.53. The van der Waals surface area contributed by atoms with Crippen molar-refractivity contribution in [1.82, 2.24) is 19.7 Å². The van der Waals surface area contributed by atoms with Crippen LogP contribution in [-0.4, -0.2) is 64.8 Å². The lowest BCUT2D eigenvalue weighted by molar-refractivity contribution is 0.0738. The topological polar surface area (TPSA) is 57.5 Å². The van der Waals surface area contributed by atoms with Crippen molar-refractivity contribution in [1.29, 1.82) is 0 Å². The summed E-state index contributed by atoms with van der Waals surface area (Å²) in [6.07, 6.45) is 5.61. The van der Waals surface area contributed by atoms with E-state index in [4.69, 9.17) is 0 Å². The Hall–Kier alpha value is -2.87. The Morgan fingerprint density at radius 1 is 0.844 bits per heavy atom. The quantitative estimate of drug-likeness (QED) is 0.603. The van der Waals surface area contributed by atoms with E-state index in [9.17, 15) is 4.79 Å². The van der Waals surface area contributed by atoms with Gasteiger partial charge in [0, 0.05) is 51.2 Å². The fourth-order valence-electron chi connectivity index (χ4n) is 4.63. The van der Waals surface area contributed by atoms with Crippen molar-refractivity contribution < 1.29 is 4.79 Å². The molecule has 0 aliphatic carbocycles. The molecule has 0 saturated carbocycles. The van der Waals surface area contributed by atoms with E-state index in [0.717, 1.165) is 36.4 Å². The van der Waals surface area contributed by atoms with E-state index in [2.05, 4.69) is 52.0 Å². The van der Waals surface area contributed by atoms with Gasteiger partial charge in [0.1, 0.15) is 5.69 Å². The molecular weight excluding hydrogens is 420 g/mol. The van der Waals surface area contributed by atoms with Crippen LogP contribution in [0.4, 0.5) is 10.8 Å². The summed E-state index contributed by atoms with van der Waals surface area (Å²) in [4.78, 5) is 20.0. The third-order valence-electron chi connectivity index (χ3n) is 6.69. The van der Waals surface area contributed by atoms with Gasteiger partial charge in [-0.25, -0.2) is 0 Å². The molecule has 0 unspecified atom stereocenters. The molecule has 2 saturated heterocycles. The molecule has 4 heterocycles. The first-order valence-corrected chi connectivity index (χ1v) is 12.3. The second-order valence-electron chi connectivity index (χ2n) is 8.68. The first-order valence-electron chi connectivity index (χ1n) is 11.5. The van der Waals surface area contributed by atoms with Gasteiger partial charge in [-0.1, -0.05) is 23.5 Å². The van der Waals surface area contributed by atoms with Crippen LogP contribution in [0, 0.1) is 13.8 Å². The van der Waals surface area contributed by atoms with Gasteiger partial charge in [-0.15, -0.1) is 10.2 Å². The van der Waals surface area contributed by atoms with E-state index in [-0.39, 0.29) is 5.91 Å². The molecule has 2 aromatic heterocycles. The molecule has 0 N–H and O–H groups in total. The molecule has 3 aromatic rings. The lowest BCUT2D eigenvalue weighted by Crippen LogP contribution is -2.49. The molecule has 2 aliphatic heterocycles. The molecule has 7 nitrogen and oxygen atoms in total. The number of carbonyl (C=O) groups excluding carboxylic acids is 1. The summed E-state index contributed by atoms with van der Waals surface area (Å²) >= 11 is 1.56. The van der Waals surface area contributed by atoms with Crippen molar-refractivity contribution in [2.45, 2.75) is 33.1 Å². The average Bonchev–Trinajstić information content (AvgIpc) is 3.51. The normalized spacial score (nSPS) is 17.1. The van der Waals surface area contributed by atoms with Crippen molar-refractivity contribution in [3.05, 3.63) is 53.3 Å². The zero-order chi connectivity index (χ0) is 22.1. The second kappa shape index (κ2) is 8.94. The van der Waals surface area contributed by atoms with E-state index < -0.39 is 0 Å². The van der Waals surface area contributed by atoms with Gasteiger partial charge < -0.3 is 14.7 Å². The number of benzene rings is 1. The van der Waals surface area contributed by atoms with E-state index in [1.54, 1.807) is 11.3 Å². The van der Waals surface area contributed by atoms with Crippen LogP contribution in [0.15, 0.2) is 36.5 Å². The molecule has 1 amide bonds. The molecule has 0 bridgehead atoms. The van der Waals surface area contributed by atoms with Crippen LogP contribution in [0.3, 0.4) is 0 Å². The predicted octanol–water partition coefficient (Wildman–Crippen LogP) is 3.90. The highest BCUT2D eigenvalue weighted by Crippen LogP contribution is 2.28. The summed E-state index contributed by atoms with van der Waals surface area (Å²) in [6.45, 7) is 9.52. The van der Waals surface area contributed by atoms with Crippen LogP contribution in [-0.2, 0) is 0 Å². The highest BCUT2D eigenvalue weighted by atomic mass is 32.1. The number of hydrogen-bond acceptors (Lipinski definition) is 6. The summed E-state index contributed by atoms with van der Waals surface area (Å²) in [7, 11) is 0. The Bertz CT molecular complexity index is 1090. The largest absolute Gasteiger partial charge is 0.368 e. The zero-order valence-corrected chi connectivity index (χ0v) is 19.6. The van der Waals surface area contributed by atoms with Crippen LogP contribution < -0.4 is 9.80 Å². The van der Waals surface area contributed by atoms with Crippen molar-refractivity contribution in [2.75, 3.05) is 49.1 Å². The van der Waals surface area contributed by atoms with Crippen LogP contribution in [0.2, 0.25) is 0 Å². The number of rotatable bonds is 4. The number of aryl methyl sites for hydroxylation is 1. The first kappa shape index (κ1) is 21.0. The maximum atomic E-state index is 13.4. The highest BCUT2D eigenvalue weighted by Gasteiger charge is 2.26. The number of hydrogen-bond donors (Lipinski definition) is 0. The maximum absolute atomic E-state index is 13.4. The first-order chi connectivity index (χ1) is 15.6. The monoisotopic (exact) mass is 450 g/mol. The predicted molar refractivity (Wildman–Crippen MR) is 129 cm³/mol. The number of piperazine rings is 1. The van der Waals surface area contributed by atoms with E-state index >= 15 is 0 Å². The van der Waals surface area contributed by atoms with Crippen molar-refractivity contribution >= 4 is 28.1 Å². The minimum Gasteiger partial charge on any atom is -0.368 e. The fraction of sp³-hybridized carbons (Fsp3) is 0.458. The minimum absolute atomic E-state index is 0.0605. The minimum atomic E-state index is 0.0605. The lowest BCUT2D eigenvalue weighted by atomic mass is 10.1. The third kappa shape index (κ3) is 3.99. The van der Waals surface area contributed by atoms with Gasteiger partial charge >= 0.3 is 0 Å². The number of carbonyl (C=O) groups is 1. The number of piperidine rings is 1. The summed E-state index contributed by atoms with van der Waals surface area (Å²) in [6, 6.07) is 10.3. The number of anilines is 2. The Balaban J connectivity index is 1.28. The molecule has 2 fully saturated rings. The Morgan fingerprint density at radius 3 is 2.38 bits per heavy atom. The molecule has 0 spiro atoms. The standard InChI is InChI=1S/C24H30N6OS/c1-18-8-6-9-20(19(18)2)27-14-16-28(17-15-27)22(31)21-10-7-13-30(21)24-26-25-23(32-24)29-11-4-3-5-12-29/h6-10,13H,3-5,11-12,14-17H2,1-2H3. The smallest absolute Gasteiger partial charge is 0.271 e. The maximum Gasteiger partial charge on any atom is 0.271 e. The third-order valence-corrected chi connectivity index (χ3v) is 7.67. The molecule has 1 aromatic carbocycles. The summed E-state index contributed by atoms with van der Waals surface area (Å²) in [5, 5.41) is 10.5. The molecule has 32 heavy (non-hydrogen) atoms. The Labute approximate surface area is 193 Å². The number of aromatic nitrogens is 3. The van der Waals surface area contributed by atoms with Gasteiger partial charge in [0.15, 0.2) is 0 Å². The summed E-state index contributed by atoms with van der Waals surface area (Å²) in [5.41, 5.74) is 4.56. The van der Waals surface area contributed by atoms with Gasteiger partial charge in [-0.05, 0) is 62.4 Å². The Kier molecular flexibility index (Phi) is 5.87. The average molecular weight is 451 g/mol. The molecule has 8 heteroatoms. The van der Waals surface area contributed by atoms with Crippen LogP contribution in [0.5, 0.6) is 0 Å². The van der Waals surface area contributed by atoms with E-state index in [1.165, 1.54) is 36.1 Å². The van der Waals surface area contributed by atoms with Crippen molar-refractivity contribution in [2.24, 2.45) is 0 Å². The molecule has 0 radical (unpaired) electrons. The van der Waals surface area contributed by atoms with Gasteiger partial charge in [0.25, 0.3) is 5.91 Å². The van der Waals surface area contributed by atoms with Crippen LogP contribution >= 0.6 is 11.3 Å². The van der Waals surface area contributed by atoms with Gasteiger partial charge in [0.2, 0.25) is 10.3 Å².